The van der Waals surface area contributed by atoms with E-state index in [-0.39, 0.29) is 22.9 Å². The number of nitrogens with zero attached hydrogens (tertiary/aromatic N) is 3. The Hall–Kier alpha value is -2.53. The van der Waals surface area contributed by atoms with Crippen LogP contribution in [0.5, 0.6) is 5.75 Å². The highest BCUT2D eigenvalue weighted by Crippen LogP contribution is 2.36. The number of hydrogen-bond acceptors (Lipinski definition) is 6. The number of rotatable bonds is 3. The number of halogens is 1. The maximum absolute atomic E-state index is 12.1. The Morgan fingerprint density at radius 3 is 2.72 bits per heavy atom. The molecule has 1 aliphatic rings. The molecule has 0 saturated carbocycles. The number of nitro benzene ring substituents is 1. The van der Waals surface area contributed by atoms with E-state index in [1.807, 2.05) is 6.07 Å². The lowest BCUT2D eigenvalue weighted by Gasteiger charge is -2.24. The van der Waals surface area contributed by atoms with Gasteiger partial charge in [-0.05, 0) is 26.8 Å². The van der Waals surface area contributed by atoms with Crippen molar-refractivity contribution >= 4 is 23.4 Å². The van der Waals surface area contributed by atoms with Crippen LogP contribution in [0.1, 0.15) is 32.8 Å². The summed E-state index contributed by atoms with van der Waals surface area (Å²) < 4.78 is 11.0. The molecule has 1 aliphatic heterocycles. The monoisotopic (exact) mass is 367 g/mol. The Morgan fingerprint density at radius 1 is 1.48 bits per heavy atom. The highest BCUT2D eigenvalue weighted by Gasteiger charge is 2.32. The summed E-state index contributed by atoms with van der Waals surface area (Å²) in [5.41, 5.74) is -0.910. The van der Waals surface area contributed by atoms with E-state index in [1.54, 1.807) is 20.8 Å². The lowest BCUT2D eigenvalue weighted by molar-refractivity contribution is -0.384. The van der Waals surface area contributed by atoms with E-state index in [0.717, 1.165) is 6.07 Å². The fourth-order valence-electron chi connectivity index (χ4n) is 2.36. The Labute approximate surface area is 150 Å². The van der Waals surface area contributed by atoms with Gasteiger partial charge in [0.15, 0.2) is 5.02 Å². The largest absolute Gasteiger partial charge is 0.487 e. The number of likely N-dealkylation sites (tertiary alicyclic amines) is 1. The predicted molar refractivity (Wildman–Crippen MR) is 89.7 cm³/mol. The van der Waals surface area contributed by atoms with Crippen LogP contribution in [0.25, 0.3) is 0 Å². The van der Waals surface area contributed by atoms with Crippen LogP contribution in [0.15, 0.2) is 12.1 Å². The summed E-state index contributed by atoms with van der Waals surface area (Å²) in [6, 6.07) is 4.29. The van der Waals surface area contributed by atoms with Crippen LogP contribution >= 0.6 is 11.6 Å². The van der Waals surface area contributed by atoms with Gasteiger partial charge in [0.2, 0.25) is 0 Å². The Balaban J connectivity index is 2.11. The third-order valence-electron chi connectivity index (χ3n) is 3.44. The molecule has 1 aromatic carbocycles. The fourth-order valence-corrected chi connectivity index (χ4v) is 2.59. The summed E-state index contributed by atoms with van der Waals surface area (Å²) in [6.07, 6.45) is -0.305. The molecule has 8 nitrogen and oxygen atoms in total. The molecule has 0 N–H and O–H groups in total. The zero-order valence-corrected chi connectivity index (χ0v) is 14.9. The second-order valence-electron chi connectivity index (χ2n) is 6.63. The molecule has 1 heterocycles. The summed E-state index contributed by atoms with van der Waals surface area (Å²) in [5, 5.41) is 19.9. The van der Waals surface area contributed by atoms with E-state index in [2.05, 4.69) is 0 Å². The number of nitriles is 1. The molecule has 1 unspecified atom stereocenters. The van der Waals surface area contributed by atoms with Gasteiger partial charge >= 0.3 is 6.09 Å². The van der Waals surface area contributed by atoms with Crippen molar-refractivity contribution in [2.75, 3.05) is 13.1 Å². The van der Waals surface area contributed by atoms with Crippen molar-refractivity contribution in [2.45, 2.75) is 38.9 Å². The predicted octanol–water partition coefficient (Wildman–Crippen LogP) is 3.51. The van der Waals surface area contributed by atoms with Crippen molar-refractivity contribution in [2.24, 2.45) is 0 Å². The summed E-state index contributed by atoms with van der Waals surface area (Å²) in [6.45, 7) is 6.05. The molecule has 1 amide bonds. The number of carbonyl (C=O) groups is 1. The minimum absolute atomic E-state index is 0.0588. The van der Waals surface area contributed by atoms with Gasteiger partial charge in [0, 0.05) is 19.0 Å². The van der Waals surface area contributed by atoms with Gasteiger partial charge in [0.1, 0.15) is 17.5 Å². The third kappa shape index (κ3) is 4.73. The molecular weight excluding hydrogens is 350 g/mol. The highest BCUT2D eigenvalue weighted by atomic mass is 35.5. The number of benzene rings is 1. The molecule has 0 radical (unpaired) electrons. The Morgan fingerprint density at radius 2 is 2.16 bits per heavy atom. The van der Waals surface area contributed by atoms with Gasteiger partial charge in [-0.2, -0.15) is 5.26 Å². The first kappa shape index (κ1) is 18.8. The van der Waals surface area contributed by atoms with E-state index < -0.39 is 28.4 Å². The van der Waals surface area contributed by atoms with Crippen LogP contribution in [0.4, 0.5) is 10.5 Å². The zero-order valence-electron chi connectivity index (χ0n) is 14.1. The molecule has 2 rings (SSSR count). The van der Waals surface area contributed by atoms with Crippen molar-refractivity contribution in [3.63, 3.8) is 0 Å². The summed E-state index contributed by atoms with van der Waals surface area (Å²) >= 11 is 6.02. The molecule has 1 saturated heterocycles. The first-order valence-electron chi connectivity index (χ1n) is 7.63. The molecule has 1 aromatic rings. The zero-order chi connectivity index (χ0) is 18.8. The minimum Gasteiger partial charge on any atom is -0.487 e. The summed E-state index contributed by atoms with van der Waals surface area (Å²) in [4.78, 5) is 23.9. The van der Waals surface area contributed by atoms with E-state index in [4.69, 9.17) is 26.3 Å². The van der Waals surface area contributed by atoms with E-state index in [0.29, 0.717) is 13.0 Å². The highest BCUT2D eigenvalue weighted by molar-refractivity contribution is 6.34. The first-order valence-corrected chi connectivity index (χ1v) is 8.01. The van der Waals surface area contributed by atoms with Gasteiger partial charge < -0.3 is 14.4 Å². The quantitative estimate of drug-likeness (QED) is 0.597. The maximum atomic E-state index is 12.1. The van der Waals surface area contributed by atoms with Crippen LogP contribution in [0.3, 0.4) is 0 Å². The summed E-state index contributed by atoms with van der Waals surface area (Å²) in [5.74, 6) is 0.0588. The van der Waals surface area contributed by atoms with Gasteiger partial charge in [-0.25, -0.2) is 4.79 Å². The average molecular weight is 368 g/mol. The number of ether oxygens (including phenoxy) is 2. The number of carbonyl (C=O) groups excluding carboxylic acids is 1. The molecule has 1 atom stereocenters. The van der Waals surface area contributed by atoms with Crippen molar-refractivity contribution < 1.29 is 19.2 Å². The molecule has 0 spiro atoms. The molecule has 0 aliphatic carbocycles. The van der Waals surface area contributed by atoms with Crippen molar-refractivity contribution in [1.82, 2.24) is 4.90 Å². The Kier molecular flexibility index (Phi) is 5.38. The smallest absolute Gasteiger partial charge is 0.410 e. The van der Waals surface area contributed by atoms with E-state index >= 15 is 0 Å². The fraction of sp³-hybridized carbons (Fsp3) is 0.500. The van der Waals surface area contributed by atoms with Crippen LogP contribution in [0, 0.1) is 21.4 Å². The normalized spacial score (nSPS) is 17.1. The Bertz CT molecular complexity index is 739. The lowest BCUT2D eigenvalue weighted by Crippen LogP contribution is -2.36. The molecule has 134 valence electrons. The standard InChI is InChI=1S/C16H18ClN3O5/c1-16(2,3)25-15(21)19-5-4-11(9-19)24-13-7-10(8-18)6-12(14(13)17)20(22)23/h6-7,11H,4-5,9H2,1-3H3. The van der Waals surface area contributed by atoms with Gasteiger partial charge in [0.05, 0.1) is 23.1 Å². The maximum Gasteiger partial charge on any atom is 0.410 e. The van der Waals surface area contributed by atoms with Crippen LogP contribution < -0.4 is 4.74 Å². The second kappa shape index (κ2) is 7.15. The molecule has 0 aromatic heterocycles. The van der Waals surface area contributed by atoms with Gasteiger partial charge in [-0.1, -0.05) is 11.6 Å². The lowest BCUT2D eigenvalue weighted by atomic mass is 10.2. The van der Waals surface area contributed by atoms with Crippen LogP contribution in [-0.4, -0.2) is 40.7 Å². The number of nitro groups is 1. The van der Waals surface area contributed by atoms with E-state index in [1.165, 1.54) is 11.0 Å². The molecule has 9 heteroatoms. The SMILES string of the molecule is CC(C)(C)OC(=O)N1CCC(Oc2cc(C#N)cc([N+](=O)[O-])c2Cl)C1. The summed E-state index contributed by atoms with van der Waals surface area (Å²) in [7, 11) is 0. The van der Waals surface area contributed by atoms with Crippen molar-refractivity contribution in [3.05, 3.63) is 32.8 Å². The van der Waals surface area contributed by atoms with E-state index in [9.17, 15) is 14.9 Å². The second-order valence-corrected chi connectivity index (χ2v) is 7.01. The van der Waals surface area contributed by atoms with Crippen molar-refractivity contribution in [1.29, 1.82) is 5.26 Å². The number of amides is 1. The average Bonchev–Trinajstić information content (AvgIpc) is 2.96. The van der Waals surface area contributed by atoms with Gasteiger partial charge in [-0.15, -0.1) is 0 Å². The molecule has 25 heavy (non-hydrogen) atoms. The topological polar surface area (TPSA) is 106 Å². The van der Waals surface area contributed by atoms with Gasteiger partial charge in [-0.3, -0.25) is 10.1 Å². The molecule has 1 fully saturated rings. The number of hydrogen-bond donors (Lipinski definition) is 0. The minimum atomic E-state index is -0.669. The first-order chi connectivity index (χ1) is 11.6. The molecule has 0 bridgehead atoms. The van der Waals surface area contributed by atoms with Gasteiger partial charge in [0.25, 0.3) is 5.69 Å². The molecular formula is C16H18ClN3O5. The van der Waals surface area contributed by atoms with Crippen LogP contribution in [-0.2, 0) is 4.74 Å². The third-order valence-corrected chi connectivity index (χ3v) is 3.82. The van der Waals surface area contributed by atoms with Crippen molar-refractivity contribution in [3.8, 4) is 11.8 Å². The van der Waals surface area contributed by atoms with Crippen LogP contribution in [0.2, 0.25) is 5.02 Å².